The van der Waals surface area contributed by atoms with Gasteiger partial charge in [-0.2, -0.15) is 4.98 Å². The summed E-state index contributed by atoms with van der Waals surface area (Å²) in [5.41, 5.74) is 6.22. The summed E-state index contributed by atoms with van der Waals surface area (Å²) in [6, 6.07) is 21.1. The summed E-state index contributed by atoms with van der Waals surface area (Å²) in [5.74, 6) is 1.05. The molecule has 2 N–H and O–H groups in total. The van der Waals surface area contributed by atoms with Crippen LogP contribution in [0, 0.1) is 13.8 Å². The van der Waals surface area contributed by atoms with Crippen LogP contribution in [-0.4, -0.2) is 20.7 Å². The van der Waals surface area contributed by atoms with Crippen molar-refractivity contribution in [2.45, 2.75) is 37.7 Å². The topological polar surface area (TPSA) is 71.8 Å². The van der Waals surface area contributed by atoms with E-state index in [0.717, 1.165) is 38.1 Å². The second-order valence-corrected chi connectivity index (χ2v) is 11.1. The van der Waals surface area contributed by atoms with Crippen molar-refractivity contribution in [2.75, 3.05) is 10.6 Å². The second kappa shape index (κ2) is 10.7. The third-order valence-electron chi connectivity index (χ3n) is 6.43. The Kier molecular flexibility index (Phi) is 7.42. The van der Waals surface area contributed by atoms with Crippen LogP contribution in [0.5, 0.6) is 0 Å². The average Bonchev–Trinajstić information content (AvgIpc) is 3.28. The van der Waals surface area contributed by atoms with Crippen LogP contribution in [0.3, 0.4) is 0 Å². The number of fused-ring (bicyclic) bond motifs is 1. The molecule has 1 amide bonds. The lowest BCUT2D eigenvalue weighted by Gasteiger charge is -2.29. The van der Waals surface area contributed by atoms with Gasteiger partial charge in [0.2, 0.25) is 11.1 Å². The maximum atomic E-state index is 13.8. The minimum Gasteiger partial charge on any atom is -0.328 e. The minimum absolute atomic E-state index is 0.182. The number of hydrogen-bond acceptors (Lipinski definition) is 5. The van der Waals surface area contributed by atoms with Crippen LogP contribution in [0.1, 0.15) is 35.2 Å². The molecule has 0 aliphatic carbocycles. The van der Waals surface area contributed by atoms with E-state index in [0.29, 0.717) is 27.5 Å². The van der Waals surface area contributed by atoms with E-state index in [2.05, 4.69) is 26.6 Å². The van der Waals surface area contributed by atoms with Crippen LogP contribution in [-0.2, 0) is 10.5 Å². The van der Waals surface area contributed by atoms with Crippen molar-refractivity contribution in [1.82, 2.24) is 14.8 Å². The van der Waals surface area contributed by atoms with Gasteiger partial charge in [0.05, 0.1) is 5.57 Å². The third kappa shape index (κ3) is 5.32. The van der Waals surface area contributed by atoms with Crippen molar-refractivity contribution >= 4 is 56.8 Å². The van der Waals surface area contributed by atoms with Gasteiger partial charge in [0, 0.05) is 26.6 Å². The number of thioether (sulfide) groups is 1. The largest absolute Gasteiger partial charge is 0.328 e. The minimum atomic E-state index is -0.448. The molecule has 1 atom stereocenters. The Hall–Kier alpha value is -3.07. The first kappa shape index (κ1) is 25.6. The number of carbonyl (C=O) groups is 1. The molecule has 0 fully saturated rings. The van der Waals surface area contributed by atoms with Crippen LogP contribution in [0.15, 0.2) is 87.6 Å². The lowest BCUT2D eigenvalue weighted by atomic mass is 9.95. The summed E-state index contributed by atoms with van der Waals surface area (Å²) in [5, 5.41) is 12.6. The fourth-order valence-electron chi connectivity index (χ4n) is 4.27. The zero-order valence-electron chi connectivity index (χ0n) is 20.5. The molecule has 37 heavy (non-hydrogen) atoms. The predicted molar refractivity (Wildman–Crippen MR) is 154 cm³/mol. The van der Waals surface area contributed by atoms with Gasteiger partial charge in [0.25, 0.3) is 5.91 Å². The molecule has 5 rings (SSSR count). The normalized spacial score (nSPS) is 14.8. The van der Waals surface area contributed by atoms with Crippen molar-refractivity contribution in [3.05, 3.63) is 110 Å². The van der Waals surface area contributed by atoms with E-state index >= 15 is 0 Å². The standard InChI is InChI=1S/C28H25BrClN5OS/c1-16-7-6-10-23(17(16)2)32-26(36)24-18(3)31-27-33-28(37-15-20-8-4-5-9-22(20)30)34-35(27)25(24)19-11-13-21(29)14-12-19/h4-14,25H,15H2,1-3H3,(H,32,36)(H,31,33,34). The summed E-state index contributed by atoms with van der Waals surface area (Å²) in [4.78, 5) is 18.5. The van der Waals surface area contributed by atoms with E-state index in [1.54, 1.807) is 4.68 Å². The Morgan fingerprint density at radius 1 is 1.08 bits per heavy atom. The maximum Gasteiger partial charge on any atom is 0.255 e. The molecule has 1 aliphatic heterocycles. The van der Waals surface area contributed by atoms with Crippen molar-refractivity contribution in [1.29, 1.82) is 0 Å². The Labute approximate surface area is 233 Å². The van der Waals surface area contributed by atoms with Crippen molar-refractivity contribution in [3.63, 3.8) is 0 Å². The van der Waals surface area contributed by atoms with Gasteiger partial charge in [-0.05, 0) is 67.3 Å². The number of allylic oxidation sites excluding steroid dienone is 1. The number of nitrogens with zero attached hydrogens (tertiary/aromatic N) is 3. The number of aryl methyl sites for hydroxylation is 1. The van der Waals surface area contributed by atoms with Crippen LogP contribution in [0.25, 0.3) is 0 Å². The number of nitrogens with one attached hydrogen (secondary N) is 2. The monoisotopic (exact) mass is 593 g/mol. The van der Waals surface area contributed by atoms with Crippen LogP contribution in [0.4, 0.5) is 11.6 Å². The molecule has 0 saturated carbocycles. The SMILES string of the molecule is CC1=C(C(=O)Nc2cccc(C)c2C)C(c2ccc(Br)cc2)n2nc(SCc3ccccc3Cl)nc2N1. The number of hydrogen-bond donors (Lipinski definition) is 2. The van der Waals surface area contributed by atoms with Crippen LogP contribution < -0.4 is 10.6 Å². The molecule has 6 nitrogen and oxygen atoms in total. The summed E-state index contributed by atoms with van der Waals surface area (Å²) in [6.45, 7) is 5.94. The Balaban J connectivity index is 1.50. The predicted octanol–water partition coefficient (Wildman–Crippen LogP) is 7.53. The number of aromatic nitrogens is 3. The van der Waals surface area contributed by atoms with E-state index in [-0.39, 0.29) is 5.91 Å². The molecule has 1 unspecified atom stereocenters. The van der Waals surface area contributed by atoms with Crippen LogP contribution >= 0.6 is 39.3 Å². The first-order valence-corrected chi connectivity index (χ1v) is 13.9. The van der Waals surface area contributed by atoms with Crippen LogP contribution in [0.2, 0.25) is 5.02 Å². The molecule has 4 aromatic rings. The van der Waals surface area contributed by atoms with E-state index in [1.807, 2.05) is 87.5 Å². The molecule has 188 valence electrons. The second-order valence-electron chi connectivity index (χ2n) is 8.86. The highest BCUT2D eigenvalue weighted by molar-refractivity contribution is 9.10. The van der Waals surface area contributed by atoms with Gasteiger partial charge in [0.1, 0.15) is 6.04 Å². The first-order chi connectivity index (χ1) is 17.8. The van der Waals surface area contributed by atoms with Crippen molar-refractivity contribution in [2.24, 2.45) is 0 Å². The van der Waals surface area contributed by atoms with Gasteiger partial charge in [-0.1, -0.05) is 81.8 Å². The fraction of sp³-hybridized carbons (Fsp3) is 0.179. The van der Waals surface area contributed by atoms with Gasteiger partial charge in [-0.3, -0.25) is 4.79 Å². The molecule has 1 aliphatic rings. The molecule has 0 spiro atoms. The summed E-state index contributed by atoms with van der Waals surface area (Å²) in [6.07, 6.45) is 0. The molecule has 9 heteroatoms. The molecule has 0 radical (unpaired) electrons. The number of amides is 1. The lowest BCUT2D eigenvalue weighted by Crippen LogP contribution is -2.31. The third-order valence-corrected chi connectivity index (χ3v) is 8.21. The first-order valence-electron chi connectivity index (χ1n) is 11.8. The van der Waals surface area contributed by atoms with E-state index in [9.17, 15) is 4.79 Å². The highest BCUT2D eigenvalue weighted by Crippen LogP contribution is 2.38. The number of anilines is 2. The summed E-state index contributed by atoms with van der Waals surface area (Å²) in [7, 11) is 0. The molecule has 0 bridgehead atoms. The van der Waals surface area contributed by atoms with Gasteiger partial charge in [-0.25, -0.2) is 4.68 Å². The lowest BCUT2D eigenvalue weighted by molar-refractivity contribution is -0.113. The highest BCUT2D eigenvalue weighted by Gasteiger charge is 2.34. The number of halogens is 2. The van der Waals surface area contributed by atoms with E-state index in [4.69, 9.17) is 21.7 Å². The van der Waals surface area contributed by atoms with Gasteiger partial charge in [0.15, 0.2) is 0 Å². The van der Waals surface area contributed by atoms with E-state index in [1.165, 1.54) is 11.8 Å². The fourth-order valence-corrected chi connectivity index (χ4v) is 5.65. The number of benzene rings is 3. The highest BCUT2D eigenvalue weighted by atomic mass is 79.9. The van der Waals surface area contributed by atoms with Crippen molar-refractivity contribution < 1.29 is 4.79 Å². The van der Waals surface area contributed by atoms with Gasteiger partial charge < -0.3 is 10.6 Å². The van der Waals surface area contributed by atoms with Crippen molar-refractivity contribution in [3.8, 4) is 0 Å². The van der Waals surface area contributed by atoms with E-state index < -0.39 is 6.04 Å². The summed E-state index contributed by atoms with van der Waals surface area (Å²) < 4.78 is 2.76. The molecule has 2 heterocycles. The molecular formula is C28H25BrClN5OS. The Morgan fingerprint density at radius 3 is 2.59 bits per heavy atom. The molecular weight excluding hydrogens is 570 g/mol. The number of carbonyl (C=O) groups excluding carboxylic acids is 1. The Morgan fingerprint density at radius 2 is 1.84 bits per heavy atom. The zero-order valence-corrected chi connectivity index (χ0v) is 23.7. The smallest absolute Gasteiger partial charge is 0.255 e. The number of rotatable bonds is 6. The maximum absolute atomic E-state index is 13.8. The quantitative estimate of drug-likeness (QED) is 0.226. The average molecular weight is 595 g/mol. The summed E-state index contributed by atoms with van der Waals surface area (Å²) >= 11 is 11.4. The molecule has 3 aromatic carbocycles. The Bertz CT molecular complexity index is 1520. The molecule has 0 saturated heterocycles. The molecule has 1 aromatic heterocycles. The van der Waals surface area contributed by atoms with Gasteiger partial charge in [-0.15, -0.1) is 5.10 Å². The zero-order chi connectivity index (χ0) is 26.1. The van der Waals surface area contributed by atoms with Gasteiger partial charge >= 0.3 is 0 Å².